The summed E-state index contributed by atoms with van der Waals surface area (Å²) in [5.74, 6) is -1.00. The molecule has 7 nitrogen and oxygen atoms in total. The summed E-state index contributed by atoms with van der Waals surface area (Å²) < 4.78 is 27.2. The maximum atomic E-state index is 13.1. The summed E-state index contributed by atoms with van der Waals surface area (Å²) >= 11 is 6.24. The van der Waals surface area contributed by atoms with Crippen molar-refractivity contribution < 1.29 is 18.0 Å². The van der Waals surface area contributed by atoms with Crippen molar-refractivity contribution in [2.45, 2.75) is 24.7 Å². The minimum atomic E-state index is -3.71. The van der Waals surface area contributed by atoms with Crippen molar-refractivity contribution in [1.82, 2.24) is 4.31 Å². The fraction of sp³-hybridized carbons (Fsp3) is 0.200. The highest BCUT2D eigenvalue weighted by Gasteiger charge is 2.28. The van der Waals surface area contributed by atoms with Crippen molar-refractivity contribution in [3.63, 3.8) is 0 Å². The number of amides is 2. The third kappa shape index (κ3) is 5.14. The van der Waals surface area contributed by atoms with Gasteiger partial charge in [0.2, 0.25) is 10.0 Å². The lowest BCUT2D eigenvalue weighted by atomic mass is 10.1. The zero-order chi connectivity index (χ0) is 24.3. The average molecular weight is 498 g/mol. The fourth-order valence-electron chi connectivity index (χ4n) is 3.82. The summed E-state index contributed by atoms with van der Waals surface area (Å²) in [7, 11) is -3.71. The second-order valence-corrected chi connectivity index (χ2v) is 10.4. The number of para-hydroxylation sites is 1. The molecule has 2 N–H and O–H groups in total. The molecule has 1 fully saturated rings. The lowest BCUT2D eigenvalue weighted by Gasteiger charge is -2.17. The molecule has 0 spiro atoms. The van der Waals surface area contributed by atoms with E-state index in [0.29, 0.717) is 18.8 Å². The van der Waals surface area contributed by atoms with Crippen molar-refractivity contribution in [2.75, 3.05) is 23.7 Å². The van der Waals surface area contributed by atoms with E-state index in [9.17, 15) is 18.0 Å². The Labute approximate surface area is 203 Å². The van der Waals surface area contributed by atoms with Crippen LogP contribution < -0.4 is 10.6 Å². The van der Waals surface area contributed by atoms with Crippen LogP contribution in [0.5, 0.6) is 0 Å². The number of rotatable bonds is 6. The minimum absolute atomic E-state index is 0.00873. The van der Waals surface area contributed by atoms with Gasteiger partial charge in [-0.1, -0.05) is 35.9 Å². The first-order valence-corrected chi connectivity index (χ1v) is 12.7. The van der Waals surface area contributed by atoms with Crippen LogP contribution in [0, 0.1) is 6.92 Å². The van der Waals surface area contributed by atoms with Gasteiger partial charge < -0.3 is 10.6 Å². The van der Waals surface area contributed by atoms with Gasteiger partial charge >= 0.3 is 0 Å². The topological polar surface area (TPSA) is 95.6 Å². The maximum Gasteiger partial charge on any atom is 0.257 e. The standard InChI is InChI=1S/C25H24ClN3O4S/c1-17-7-6-8-18(15-17)27-24(30)20-9-2-3-10-23(20)28-25(31)21-16-19(11-12-22(21)26)34(32,33)29-13-4-5-14-29/h2-3,6-12,15-16H,4-5,13-14H2,1H3,(H,27,30)(H,28,31). The van der Waals surface area contributed by atoms with E-state index in [0.717, 1.165) is 18.4 Å². The van der Waals surface area contributed by atoms with E-state index in [-0.39, 0.29) is 26.7 Å². The van der Waals surface area contributed by atoms with Crippen LogP contribution in [0.2, 0.25) is 5.02 Å². The van der Waals surface area contributed by atoms with Gasteiger partial charge in [0.15, 0.2) is 0 Å². The molecule has 0 aromatic heterocycles. The fourth-order valence-corrected chi connectivity index (χ4v) is 5.56. The highest BCUT2D eigenvalue weighted by Crippen LogP contribution is 2.27. The lowest BCUT2D eigenvalue weighted by molar-refractivity contribution is 0.102. The molecule has 0 saturated carbocycles. The van der Waals surface area contributed by atoms with Gasteiger partial charge in [-0.05, 0) is 67.8 Å². The number of sulfonamides is 1. The molecular weight excluding hydrogens is 474 g/mol. The summed E-state index contributed by atoms with van der Waals surface area (Å²) in [5, 5.41) is 5.63. The van der Waals surface area contributed by atoms with Crippen LogP contribution in [0.25, 0.3) is 0 Å². The number of halogens is 1. The minimum Gasteiger partial charge on any atom is -0.322 e. The summed E-state index contributed by atoms with van der Waals surface area (Å²) in [6.45, 7) is 2.83. The molecule has 9 heteroatoms. The SMILES string of the molecule is Cc1cccc(NC(=O)c2ccccc2NC(=O)c2cc(S(=O)(=O)N3CCCC3)ccc2Cl)c1. The smallest absolute Gasteiger partial charge is 0.257 e. The van der Waals surface area contributed by atoms with Crippen LogP contribution in [0.1, 0.15) is 39.1 Å². The number of hydrogen-bond donors (Lipinski definition) is 2. The van der Waals surface area contributed by atoms with Gasteiger partial charge in [0.25, 0.3) is 11.8 Å². The van der Waals surface area contributed by atoms with E-state index in [1.807, 2.05) is 25.1 Å². The van der Waals surface area contributed by atoms with Gasteiger partial charge in [-0.15, -0.1) is 0 Å². The molecule has 0 aliphatic carbocycles. The molecule has 1 heterocycles. The number of hydrogen-bond acceptors (Lipinski definition) is 4. The molecule has 1 aliphatic rings. The van der Waals surface area contributed by atoms with Crippen LogP contribution >= 0.6 is 11.6 Å². The third-order valence-electron chi connectivity index (χ3n) is 5.58. The van der Waals surface area contributed by atoms with E-state index in [4.69, 9.17) is 11.6 Å². The normalized spacial score (nSPS) is 14.1. The van der Waals surface area contributed by atoms with Crippen LogP contribution in [-0.2, 0) is 10.0 Å². The van der Waals surface area contributed by atoms with Crippen LogP contribution in [-0.4, -0.2) is 37.6 Å². The largest absolute Gasteiger partial charge is 0.322 e. The number of aryl methyl sites for hydroxylation is 1. The van der Waals surface area contributed by atoms with Gasteiger partial charge in [-0.25, -0.2) is 8.42 Å². The first-order valence-electron chi connectivity index (χ1n) is 10.8. The summed E-state index contributed by atoms with van der Waals surface area (Å²) in [5.41, 5.74) is 2.18. The Morgan fingerprint density at radius 1 is 0.853 bits per heavy atom. The molecule has 0 radical (unpaired) electrons. The summed E-state index contributed by atoms with van der Waals surface area (Å²) in [6.07, 6.45) is 1.61. The maximum absolute atomic E-state index is 13.1. The van der Waals surface area contributed by atoms with E-state index in [1.54, 1.807) is 30.3 Å². The number of carbonyl (C=O) groups excluding carboxylic acids is 2. The first kappa shape index (κ1) is 23.9. The highest BCUT2D eigenvalue weighted by molar-refractivity contribution is 7.89. The Morgan fingerprint density at radius 2 is 1.56 bits per heavy atom. The summed E-state index contributed by atoms with van der Waals surface area (Å²) in [4.78, 5) is 26.0. The first-order chi connectivity index (χ1) is 16.3. The Kier molecular flexibility index (Phi) is 7.02. The number of nitrogens with zero attached hydrogens (tertiary/aromatic N) is 1. The zero-order valence-electron chi connectivity index (χ0n) is 18.5. The Bertz CT molecular complexity index is 1350. The predicted octanol–water partition coefficient (Wildman–Crippen LogP) is 4.94. The van der Waals surface area contributed by atoms with Crippen molar-refractivity contribution in [3.05, 3.63) is 88.4 Å². The molecule has 4 rings (SSSR count). The molecule has 0 bridgehead atoms. The molecule has 3 aromatic carbocycles. The van der Waals surface area contributed by atoms with Crippen LogP contribution in [0.4, 0.5) is 11.4 Å². The molecule has 34 heavy (non-hydrogen) atoms. The van der Waals surface area contributed by atoms with E-state index in [2.05, 4.69) is 10.6 Å². The molecule has 2 amide bonds. The molecule has 0 atom stereocenters. The molecule has 0 unspecified atom stereocenters. The Hall–Kier alpha value is -3.20. The van der Waals surface area contributed by atoms with E-state index < -0.39 is 21.8 Å². The highest BCUT2D eigenvalue weighted by atomic mass is 35.5. The molecule has 176 valence electrons. The average Bonchev–Trinajstić information content (AvgIpc) is 3.35. The van der Waals surface area contributed by atoms with E-state index in [1.165, 1.54) is 22.5 Å². The predicted molar refractivity (Wildman–Crippen MR) is 133 cm³/mol. The molecular formula is C25H24ClN3O4S. The van der Waals surface area contributed by atoms with E-state index >= 15 is 0 Å². The lowest BCUT2D eigenvalue weighted by Crippen LogP contribution is -2.28. The van der Waals surface area contributed by atoms with Gasteiger partial charge in [0.1, 0.15) is 0 Å². The van der Waals surface area contributed by atoms with Crippen LogP contribution in [0.15, 0.2) is 71.6 Å². The van der Waals surface area contributed by atoms with Gasteiger partial charge in [-0.3, -0.25) is 9.59 Å². The number of benzene rings is 3. The monoisotopic (exact) mass is 497 g/mol. The quantitative estimate of drug-likeness (QED) is 0.504. The van der Waals surface area contributed by atoms with Gasteiger partial charge in [-0.2, -0.15) is 4.31 Å². The summed E-state index contributed by atoms with van der Waals surface area (Å²) in [6, 6.07) is 18.0. The second kappa shape index (κ2) is 9.97. The van der Waals surface area contributed by atoms with Crippen molar-refractivity contribution in [2.24, 2.45) is 0 Å². The van der Waals surface area contributed by atoms with Gasteiger partial charge in [0, 0.05) is 18.8 Å². The molecule has 3 aromatic rings. The van der Waals surface area contributed by atoms with Gasteiger partial charge in [0.05, 0.1) is 26.7 Å². The second-order valence-electron chi connectivity index (χ2n) is 8.08. The molecule has 1 saturated heterocycles. The Morgan fingerprint density at radius 3 is 2.29 bits per heavy atom. The van der Waals surface area contributed by atoms with Crippen molar-refractivity contribution >= 4 is 44.8 Å². The Balaban J connectivity index is 1.58. The van der Waals surface area contributed by atoms with Crippen molar-refractivity contribution in [3.8, 4) is 0 Å². The number of carbonyl (C=O) groups is 2. The van der Waals surface area contributed by atoms with Crippen LogP contribution in [0.3, 0.4) is 0 Å². The number of anilines is 2. The van der Waals surface area contributed by atoms with Crippen molar-refractivity contribution in [1.29, 1.82) is 0 Å². The number of nitrogens with one attached hydrogen (secondary N) is 2. The molecule has 1 aliphatic heterocycles. The third-order valence-corrected chi connectivity index (χ3v) is 7.81. The zero-order valence-corrected chi connectivity index (χ0v) is 20.1.